The van der Waals surface area contributed by atoms with Crippen molar-refractivity contribution < 1.29 is 9.21 Å². The first-order chi connectivity index (χ1) is 13.8. The Morgan fingerprint density at radius 3 is 2.43 bits per heavy atom. The maximum atomic E-state index is 12.5. The van der Waals surface area contributed by atoms with Crippen molar-refractivity contribution in [3.05, 3.63) is 66.4 Å². The summed E-state index contributed by atoms with van der Waals surface area (Å²) in [4.78, 5) is 16.6. The minimum atomic E-state index is 0.245. The molecule has 0 N–H and O–H groups in total. The third kappa shape index (κ3) is 4.39. The first-order valence-corrected chi connectivity index (χ1v) is 9.74. The topological polar surface area (TPSA) is 62.5 Å². The summed E-state index contributed by atoms with van der Waals surface area (Å²) < 4.78 is 5.35. The van der Waals surface area contributed by atoms with E-state index in [1.165, 1.54) is 5.56 Å². The van der Waals surface area contributed by atoms with E-state index >= 15 is 0 Å². The molecule has 1 aromatic carbocycles. The van der Waals surface area contributed by atoms with E-state index < -0.39 is 0 Å². The van der Waals surface area contributed by atoms with E-state index in [1.807, 2.05) is 47.4 Å². The van der Waals surface area contributed by atoms with Crippen LogP contribution in [-0.4, -0.2) is 47.2 Å². The van der Waals surface area contributed by atoms with Crippen LogP contribution in [0.4, 0.5) is 5.82 Å². The van der Waals surface area contributed by atoms with Crippen molar-refractivity contribution in [1.29, 1.82) is 0 Å². The Kier molecular flexibility index (Phi) is 5.66. The molecule has 144 valence electrons. The molecular weight excluding hydrogens is 352 g/mol. The number of carbonyl (C=O) groups excluding carboxylic acids is 1. The Hall–Kier alpha value is -3.15. The Balaban J connectivity index is 1.24. The van der Waals surface area contributed by atoms with Gasteiger partial charge < -0.3 is 14.2 Å². The molecule has 0 aliphatic carbocycles. The molecule has 1 fully saturated rings. The quantitative estimate of drug-likeness (QED) is 0.660. The van der Waals surface area contributed by atoms with E-state index in [9.17, 15) is 4.79 Å². The van der Waals surface area contributed by atoms with Gasteiger partial charge in [-0.1, -0.05) is 30.3 Å². The van der Waals surface area contributed by atoms with E-state index in [-0.39, 0.29) is 5.91 Å². The monoisotopic (exact) mass is 376 g/mol. The highest BCUT2D eigenvalue weighted by atomic mass is 16.3. The van der Waals surface area contributed by atoms with Gasteiger partial charge in [0.15, 0.2) is 11.6 Å². The highest BCUT2D eigenvalue weighted by Crippen LogP contribution is 2.20. The summed E-state index contributed by atoms with van der Waals surface area (Å²) >= 11 is 0. The molecule has 1 amide bonds. The standard InChI is InChI=1S/C22H24N4O2/c27-22(10-4-8-18-6-2-1-3-7-18)26-15-13-25(14-16-26)21-12-11-19(23-24-21)20-9-5-17-28-20/h1-3,5-7,9,11-12,17H,4,8,10,13-16H2. The van der Waals surface area contributed by atoms with Crippen LogP contribution < -0.4 is 4.90 Å². The van der Waals surface area contributed by atoms with Gasteiger partial charge in [-0.05, 0) is 42.7 Å². The normalized spacial score (nSPS) is 14.3. The van der Waals surface area contributed by atoms with Crippen molar-refractivity contribution in [3.63, 3.8) is 0 Å². The fraction of sp³-hybridized carbons (Fsp3) is 0.318. The summed E-state index contributed by atoms with van der Waals surface area (Å²) in [5, 5.41) is 8.58. The predicted octanol–water partition coefficient (Wildman–Crippen LogP) is 3.41. The van der Waals surface area contributed by atoms with Crippen LogP contribution in [0, 0.1) is 0 Å². The summed E-state index contributed by atoms with van der Waals surface area (Å²) in [5.74, 6) is 1.80. The van der Waals surface area contributed by atoms with Gasteiger partial charge in [0, 0.05) is 32.6 Å². The third-order valence-corrected chi connectivity index (χ3v) is 5.08. The molecule has 1 aliphatic rings. The molecule has 0 radical (unpaired) electrons. The van der Waals surface area contributed by atoms with Gasteiger partial charge in [0.1, 0.15) is 5.69 Å². The van der Waals surface area contributed by atoms with Crippen LogP contribution in [-0.2, 0) is 11.2 Å². The van der Waals surface area contributed by atoms with Crippen molar-refractivity contribution in [3.8, 4) is 11.5 Å². The molecule has 1 aliphatic heterocycles. The highest BCUT2D eigenvalue weighted by Gasteiger charge is 2.22. The number of anilines is 1. The van der Waals surface area contributed by atoms with Gasteiger partial charge in [-0.15, -0.1) is 10.2 Å². The van der Waals surface area contributed by atoms with Crippen LogP contribution in [0.2, 0.25) is 0 Å². The number of hydrogen-bond acceptors (Lipinski definition) is 5. The molecule has 0 saturated carbocycles. The fourth-order valence-electron chi connectivity index (χ4n) is 3.48. The second kappa shape index (κ2) is 8.69. The summed E-state index contributed by atoms with van der Waals surface area (Å²) in [6.45, 7) is 3.01. The minimum absolute atomic E-state index is 0.245. The number of carbonyl (C=O) groups is 1. The van der Waals surface area contributed by atoms with Gasteiger partial charge in [0.25, 0.3) is 0 Å². The molecule has 2 aromatic heterocycles. The van der Waals surface area contributed by atoms with Crippen molar-refractivity contribution in [2.75, 3.05) is 31.1 Å². The Bertz CT molecular complexity index is 871. The molecule has 28 heavy (non-hydrogen) atoms. The lowest BCUT2D eigenvalue weighted by Crippen LogP contribution is -2.49. The lowest BCUT2D eigenvalue weighted by molar-refractivity contribution is -0.131. The Morgan fingerprint density at radius 1 is 0.929 bits per heavy atom. The number of aryl methyl sites for hydroxylation is 1. The first kappa shape index (κ1) is 18.2. The molecule has 0 unspecified atom stereocenters. The minimum Gasteiger partial charge on any atom is -0.463 e. The van der Waals surface area contributed by atoms with Crippen LogP contribution in [0.25, 0.3) is 11.5 Å². The van der Waals surface area contributed by atoms with Gasteiger partial charge in [0.2, 0.25) is 5.91 Å². The van der Waals surface area contributed by atoms with E-state index in [0.29, 0.717) is 12.2 Å². The molecule has 0 atom stereocenters. The number of rotatable bonds is 6. The average Bonchev–Trinajstić information content (AvgIpc) is 3.30. The molecule has 1 saturated heterocycles. The van der Waals surface area contributed by atoms with E-state index in [2.05, 4.69) is 27.2 Å². The Labute approximate surface area is 164 Å². The molecular formula is C22H24N4O2. The van der Waals surface area contributed by atoms with E-state index in [1.54, 1.807) is 6.26 Å². The molecule has 0 bridgehead atoms. The number of nitrogens with zero attached hydrogens (tertiary/aromatic N) is 4. The summed E-state index contributed by atoms with van der Waals surface area (Å²) in [6.07, 6.45) is 4.07. The second-order valence-corrected chi connectivity index (χ2v) is 6.96. The summed E-state index contributed by atoms with van der Waals surface area (Å²) in [5.41, 5.74) is 2.01. The SMILES string of the molecule is O=C(CCCc1ccccc1)N1CCN(c2ccc(-c3ccco3)nn2)CC1. The van der Waals surface area contributed by atoms with Crippen molar-refractivity contribution in [1.82, 2.24) is 15.1 Å². The fourth-order valence-corrected chi connectivity index (χ4v) is 3.48. The molecule has 6 heteroatoms. The summed E-state index contributed by atoms with van der Waals surface area (Å²) in [6, 6.07) is 17.9. The lowest BCUT2D eigenvalue weighted by Gasteiger charge is -2.35. The van der Waals surface area contributed by atoms with Crippen LogP contribution in [0.15, 0.2) is 65.3 Å². The lowest BCUT2D eigenvalue weighted by atomic mass is 10.1. The van der Waals surface area contributed by atoms with Crippen molar-refractivity contribution in [2.24, 2.45) is 0 Å². The third-order valence-electron chi connectivity index (χ3n) is 5.08. The van der Waals surface area contributed by atoms with Gasteiger partial charge >= 0.3 is 0 Å². The number of hydrogen-bond donors (Lipinski definition) is 0. The molecule has 3 heterocycles. The number of amides is 1. The van der Waals surface area contributed by atoms with Crippen LogP contribution in [0.5, 0.6) is 0 Å². The van der Waals surface area contributed by atoms with Crippen molar-refractivity contribution >= 4 is 11.7 Å². The zero-order valence-corrected chi connectivity index (χ0v) is 15.8. The largest absolute Gasteiger partial charge is 0.463 e. The number of aromatic nitrogens is 2. The van der Waals surface area contributed by atoms with Crippen molar-refractivity contribution in [2.45, 2.75) is 19.3 Å². The summed E-state index contributed by atoms with van der Waals surface area (Å²) in [7, 11) is 0. The van der Waals surface area contributed by atoms with Gasteiger partial charge in [-0.25, -0.2) is 0 Å². The van der Waals surface area contributed by atoms with E-state index in [4.69, 9.17) is 4.42 Å². The molecule has 3 aromatic rings. The highest BCUT2D eigenvalue weighted by molar-refractivity contribution is 5.76. The zero-order valence-electron chi connectivity index (χ0n) is 15.8. The molecule has 4 rings (SSSR count). The maximum absolute atomic E-state index is 12.5. The molecule has 0 spiro atoms. The average molecular weight is 376 g/mol. The van der Waals surface area contributed by atoms with Crippen LogP contribution >= 0.6 is 0 Å². The van der Waals surface area contributed by atoms with Gasteiger partial charge in [-0.3, -0.25) is 4.79 Å². The number of piperazine rings is 1. The second-order valence-electron chi connectivity index (χ2n) is 6.96. The van der Waals surface area contributed by atoms with Crippen LogP contribution in [0.3, 0.4) is 0 Å². The van der Waals surface area contributed by atoms with E-state index in [0.717, 1.165) is 50.5 Å². The maximum Gasteiger partial charge on any atom is 0.222 e. The van der Waals surface area contributed by atoms with Gasteiger partial charge in [-0.2, -0.15) is 0 Å². The number of benzene rings is 1. The number of furan rings is 1. The smallest absolute Gasteiger partial charge is 0.222 e. The zero-order chi connectivity index (χ0) is 19.2. The molecule has 6 nitrogen and oxygen atoms in total. The van der Waals surface area contributed by atoms with Gasteiger partial charge in [0.05, 0.1) is 6.26 Å². The van der Waals surface area contributed by atoms with Crippen LogP contribution in [0.1, 0.15) is 18.4 Å². The first-order valence-electron chi connectivity index (χ1n) is 9.74. The Morgan fingerprint density at radius 2 is 1.75 bits per heavy atom. The predicted molar refractivity (Wildman–Crippen MR) is 108 cm³/mol.